The Labute approximate surface area is 172 Å². The number of nitrogens with zero attached hydrogens (tertiary/aromatic N) is 1. The summed E-state index contributed by atoms with van der Waals surface area (Å²) in [5, 5.41) is 15.2. The third kappa shape index (κ3) is 8.01. The van der Waals surface area contributed by atoms with E-state index in [9.17, 15) is 19.5 Å². The molecule has 1 aromatic rings. The molecule has 0 aromatic heterocycles. The quantitative estimate of drug-likeness (QED) is 0.696. The average Bonchev–Trinajstić information content (AvgIpc) is 2.50. The second-order valence-electron chi connectivity index (χ2n) is 9.05. The van der Waals surface area contributed by atoms with Crippen LogP contribution in [0.5, 0.6) is 5.75 Å². The Hall–Kier alpha value is -2.77. The number of amides is 3. The maximum absolute atomic E-state index is 13.0. The number of benzene rings is 1. The monoisotopic (exact) mass is 407 g/mol. The largest absolute Gasteiger partial charge is 0.508 e. The van der Waals surface area contributed by atoms with E-state index in [0.717, 1.165) is 0 Å². The number of aromatic hydroxyl groups is 1. The van der Waals surface area contributed by atoms with E-state index in [0.29, 0.717) is 5.56 Å². The maximum atomic E-state index is 13.0. The van der Waals surface area contributed by atoms with Gasteiger partial charge in [0, 0.05) is 12.6 Å². The number of carbonyl (C=O) groups is 3. The van der Waals surface area contributed by atoms with Crippen LogP contribution in [0.4, 0.5) is 4.79 Å². The summed E-state index contributed by atoms with van der Waals surface area (Å²) in [4.78, 5) is 39.1. The van der Waals surface area contributed by atoms with Crippen LogP contribution in [-0.4, -0.2) is 52.1 Å². The van der Waals surface area contributed by atoms with Gasteiger partial charge in [-0.3, -0.25) is 9.59 Å². The molecule has 0 fully saturated rings. The third-order valence-electron chi connectivity index (χ3n) is 3.77. The number of rotatable bonds is 5. The van der Waals surface area contributed by atoms with Crippen LogP contribution in [0.15, 0.2) is 24.3 Å². The summed E-state index contributed by atoms with van der Waals surface area (Å²) in [6.45, 7) is 12.2. The Kier molecular flexibility index (Phi) is 7.66. The smallest absolute Gasteiger partial charge is 0.408 e. The zero-order valence-electron chi connectivity index (χ0n) is 18.5. The molecule has 0 aliphatic carbocycles. The molecule has 0 aliphatic heterocycles. The molecule has 2 unspecified atom stereocenters. The molecule has 162 valence electrons. The van der Waals surface area contributed by atoms with E-state index < -0.39 is 41.1 Å². The lowest BCUT2D eigenvalue weighted by atomic mass is 10.0. The van der Waals surface area contributed by atoms with Gasteiger partial charge in [-0.2, -0.15) is 0 Å². The van der Waals surface area contributed by atoms with Crippen LogP contribution in [-0.2, 0) is 14.3 Å². The number of ether oxygens (including phenoxy) is 1. The second kappa shape index (κ2) is 9.15. The molecule has 0 spiro atoms. The van der Waals surface area contributed by atoms with Crippen molar-refractivity contribution in [3.8, 4) is 5.75 Å². The number of nitrogens with one attached hydrogen (secondary N) is 2. The first-order valence-electron chi connectivity index (χ1n) is 9.48. The Morgan fingerprint density at radius 1 is 1.10 bits per heavy atom. The topological polar surface area (TPSA) is 108 Å². The Morgan fingerprint density at radius 3 is 2.17 bits per heavy atom. The van der Waals surface area contributed by atoms with Crippen LogP contribution in [0.1, 0.15) is 60.1 Å². The SMILES string of the molecule is CC(NC(=O)OC(C)(C)C)C(=O)N(C)C(C(=O)NC(C)(C)C)c1cccc(O)c1. The fourth-order valence-corrected chi connectivity index (χ4v) is 2.66. The number of alkyl carbamates (subject to hydrolysis) is 1. The van der Waals surface area contributed by atoms with Gasteiger partial charge in [-0.1, -0.05) is 12.1 Å². The van der Waals surface area contributed by atoms with E-state index in [1.54, 1.807) is 32.9 Å². The minimum atomic E-state index is -0.989. The first-order chi connectivity index (χ1) is 13.1. The summed E-state index contributed by atoms with van der Waals surface area (Å²) in [5.41, 5.74) is -0.765. The second-order valence-corrected chi connectivity index (χ2v) is 9.05. The van der Waals surface area contributed by atoms with Crippen molar-refractivity contribution < 1.29 is 24.2 Å². The van der Waals surface area contributed by atoms with Crippen LogP contribution in [0.3, 0.4) is 0 Å². The number of likely N-dealkylation sites (N-methyl/N-ethyl adjacent to an activating group) is 1. The number of phenols is 1. The lowest BCUT2D eigenvalue weighted by molar-refractivity contribution is -0.141. The molecule has 2 atom stereocenters. The van der Waals surface area contributed by atoms with Gasteiger partial charge >= 0.3 is 6.09 Å². The zero-order chi connectivity index (χ0) is 22.6. The first kappa shape index (κ1) is 24.3. The molecule has 0 heterocycles. The lowest BCUT2D eigenvalue weighted by Crippen LogP contribution is -2.52. The van der Waals surface area contributed by atoms with Crippen molar-refractivity contribution in [1.29, 1.82) is 0 Å². The minimum absolute atomic E-state index is 0.0168. The van der Waals surface area contributed by atoms with Crippen molar-refractivity contribution in [3.63, 3.8) is 0 Å². The van der Waals surface area contributed by atoms with E-state index in [4.69, 9.17) is 4.74 Å². The van der Waals surface area contributed by atoms with Gasteiger partial charge in [0.2, 0.25) is 11.8 Å². The Balaban J connectivity index is 3.09. The van der Waals surface area contributed by atoms with Crippen LogP contribution < -0.4 is 10.6 Å². The number of hydrogen-bond acceptors (Lipinski definition) is 5. The van der Waals surface area contributed by atoms with Gasteiger partial charge in [-0.15, -0.1) is 0 Å². The summed E-state index contributed by atoms with van der Waals surface area (Å²) in [7, 11) is 1.48. The van der Waals surface area contributed by atoms with Crippen molar-refractivity contribution in [2.45, 2.75) is 71.7 Å². The van der Waals surface area contributed by atoms with E-state index >= 15 is 0 Å². The average molecular weight is 408 g/mol. The third-order valence-corrected chi connectivity index (χ3v) is 3.77. The highest BCUT2D eigenvalue weighted by atomic mass is 16.6. The van der Waals surface area contributed by atoms with E-state index in [1.807, 2.05) is 20.8 Å². The van der Waals surface area contributed by atoms with Gasteiger partial charge in [-0.05, 0) is 66.2 Å². The van der Waals surface area contributed by atoms with E-state index in [-0.39, 0.29) is 5.75 Å². The predicted molar refractivity (Wildman–Crippen MR) is 110 cm³/mol. The highest BCUT2D eigenvalue weighted by Crippen LogP contribution is 2.25. The van der Waals surface area contributed by atoms with Gasteiger partial charge in [-0.25, -0.2) is 4.79 Å². The van der Waals surface area contributed by atoms with Crippen molar-refractivity contribution in [3.05, 3.63) is 29.8 Å². The number of carbonyl (C=O) groups excluding carboxylic acids is 3. The van der Waals surface area contributed by atoms with Crippen LogP contribution in [0, 0.1) is 0 Å². The molecular weight excluding hydrogens is 374 g/mol. The summed E-state index contributed by atoms with van der Waals surface area (Å²) in [6, 6.07) is 4.26. The lowest BCUT2D eigenvalue weighted by Gasteiger charge is -2.32. The summed E-state index contributed by atoms with van der Waals surface area (Å²) >= 11 is 0. The van der Waals surface area contributed by atoms with Crippen molar-refractivity contribution in [2.24, 2.45) is 0 Å². The fraction of sp³-hybridized carbons (Fsp3) is 0.571. The molecular formula is C21H33N3O5. The van der Waals surface area contributed by atoms with E-state index in [2.05, 4.69) is 10.6 Å². The van der Waals surface area contributed by atoms with Gasteiger partial charge in [0.1, 0.15) is 23.4 Å². The molecule has 0 aliphatic rings. The highest BCUT2D eigenvalue weighted by Gasteiger charge is 2.33. The molecule has 3 N–H and O–H groups in total. The van der Waals surface area contributed by atoms with Gasteiger partial charge < -0.3 is 25.4 Å². The fourth-order valence-electron chi connectivity index (χ4n) is 2.66. The highest BCUT2D eigenvalue weighted by molar-refractivity contribution is 5.92. The first-order valence-corrected chi connectivity index (χ1v) is 9.48. The van der Waals surface area contributed by atoms with Crippen molar-refractivity contribution in [1.82, 2.24) is 15.5 Å². The van der Waals surface area contributed by atoms with E-state index in [1.165, 1.54) is 31.0 Å². The molecule has 1 aromatic carbocycles. The van der Waals surface area contributed by atoms with Crippen LogP contribution in [0.2, 0.25) is 0 Å². The Morgan fingerprint density at radius 2 is 1.69 bits per heavy atom. The van der Waals surface area contributed by atoms with Crippen LogP contribution in [0.25, 0.3) is 0 Å². The minimum Gasteiger partial charge on any atom is -0.508 e. The molecule has 8 nitrogen and oxygen atoms in total. The Bertz CT molecular complexity index is 749. The molecule has 0 saturated heterocycles. The molecule has 3 amide bonds. The molecule has 29 heavy (non-hydrogen) atoms. The predicted octanol–water partition coefficient (Wildman–Crippen LogP) is 2.72. The molecule has 0 bridgehead atoms. The number of phenolic OH excluding ortho intramolecular Hbond substituents is 1. The zero-order valence-corrected chi connectivity index (χ0v) is 18.5. The standard InChI is InChI=1S/C21H33N3O5/c1-13(22-19(28)29-21(5,6)7)18(27)24(8)16(17(26)23-20(2,3)4)14-10-9-11-15(25)12-14/h9-13,16,25H,1-8H3,(H,22,28)(H,23,26). The summed E-state index contributed by atoms with van der Waals surface area (Å²) in [5.74, 6) is -0.895. The van der Waals surface area contributed by atoms with Gasteiger partial charge in [0.15, 0.2) is 0 Å². The number of hydrogen-bond donors (Lipinski definition) is 3. The van der Waals surface area contributed by atoms with Crippen LogP contribution >= 0.6 is 0 Å². The molecule has 0 radical (unpaired) electrons. The van der Waals surface area contributed by atoms with Crippen molar-refractivity contribution >= 4 is 17.9 Å². The normalized spacial score (nSPS) is 13.8. The molecule has 8 heteroatoms. The summed E-state index contributed by atoms with van der Waals surface area (Å²) < 4.78 is 5.18. The maximum Gasteiger partial charge on any atom is 0.408 e. The molecule has 0 saturated carbocycles. The molecule has 1 rings (SSSR count). The van der Waals surface area contributed by atoms with Gasteiger partial charge in [0.05, 0.1) is 0 Å². The van der Waals surface area contributed by atoms with Crippen molar-refractivity contribution in [2.75, 3.05) is 7.05 Å². The van der Waals surface area contributed by atoms with Gasteiger partial charge in [0.25, 0.3) is 0 Å². The summed E-state index contributed by atoms with van der Waals surface area (Å²) in [6.07, 6.45) is -0.722.